The van der Waals surface area contributed by atoms with Gasteiger partial charge in [-0.2, -0.15) is 0 Å². The number of carbonyl (C=O) groups is 1. The summed E-state index contributed by atoms with van der Waals surface area (Å²) in [6, 6.07) is -0.186. The molecule has 1 aliphatic rings. The fourth-order valence-electron chi connectivity index (χ4n) is 1.82. The van der Waals surface area contributed by atoms with E-state index in [-0.39, 0.29) is 24.2 Å². The molecule has 1 rings (SSSR count). The third-order valence-electron chi connectivity index (χ3n) is 2.52. The van der Waals surface area contributed by atoms with E-state index >= 15 is 0 Å². The summed E-state index contributed by atoms with van der Waals surface area (Å²) in [6.45, 7) is 7.43. The Kier molecular flexibility index (Phi) is 3.86. The molecule has 1 heterocycles. The van der Waals surface area contributed by atoms with Gasteiger partial charge in [0, 0.05) is 13.1 Å². The zero-order valence-electron chi connectivity index (χ0n) is 8.99. The molecule has 14 heavy (non-hydrogen) atoms. The first-order chi connectivity index (χ1) is 6.54. The molecular formula is C9H19N3O2. The van der Waals surface area contributed by atoms with Gasteiger partial charge >= 0.3 is 0 Å². The first-order valence-corrected chi connectivity index (χ1v) is 4.94. The molecule has 3 N–H and O–H groups in total. The highest BCUT2D eigenvalue weighted by Gasteiger charge is 2.28. The average Bonchev–Trinajstić information content (AvgIpc) is 2.14. The maximum Gasteiger partial charge on any atom is 0.250 e. The number of carbonyl (C=O) groups excluding carboxylic acids is 1. The maximum atomic E-state index is 11.3. The summed E-state index contributed by atoms with van der Waals surface area (Å²) in [5.74, 6) is 4.94. The number of rotatable bonds is 2. The Morgan fingerprint density at radius 1 is 1.50 bits per heavy atom. The van der Waals surface area contributed by atoms with Gasteiger partial charge in [0.1, 0.15) is 0 Å². The normalized spacial score (nSPS) is 31.1. The Hall–Kier alpha value is -0.650. The number of nitrogens with zero attached hydrogens (tertiary/aromatic N) is 1. The van der Waals surface area contributed by atoms with Crippen molar-refractivity contribution in [1.82, 2.24) is 10.3 Å². The SMILES string of the molecule is C[C@@H]1CN([C@@H](C)C(=O)NN)C[C@H](C)O1. The van der Waals surface area contributed by atoms with E-state index in [4.69, 9.17) is 10.6 Å². The molecule has 5 nitrogen and oxygen atoms in total. The van der Waals surface area contributed by atoms with Crippen LogP contribution in [0, 0.1) is 0 Å². The van der Waals surface area contributed by atoms with E-state index in [1.54, 1.807) is 0 Å². The highest BCUT2D eigenvalue weighted by Crippen LogP contribution is 2.13. The van der Waals surface area contributed by atoms with Gasteiger partial charge in [-0.1, -0.05) is 0 Å². The number of nitrogens with one attached hydrogen (secondary N) is 1. The summed E-state index contributed by atoms with van der Waals surface area (Å²) in [6.07, 6.45) is 0.346. The van der Waals surface area contributed by atoms with Gasteiger partial charge in [0.15, 0.2) is 0 Å². The molecule has 0 bridgehead atoms. The largest absolute Gasteiger partial charge is 0.373 e. The third-order valence-corrected chi connectivity index (χ3v) is 2.52. The number of nitrogens with two attached hydrogens (primary N) is 1. The second kappa shape index (κ2) is 4.72. The molecule has 0 aromatic heterocycles. The van der Waals surface area contributed by atoms with Crippen molar-refractivity contribution < 1.29 is 9.53 Å². The van der Waals surface area contributed by atoms with Crippen molar-refractivity contribution >= 4 is 5.91 Å². The Labute approximate surface area is 84.5 Å². The zero-order chi connectivity index (χ0) is 10.7. The fourth-order valence-corrected chi connectivity index (χ4v) is 1.82. The Morgan fingerprint density at radius 2 is 2.00 bits per heavy atom. The van der Waals surface area contributed by atoms with Gasteiger partial charge in [0.25, 0.3) is 5.91 Å². The van der Waals surface area contributed by atoms with Gasteiger partial charge in [0.05, 0.1) is 18.2 Å². The minimum atomic E-state index is -0.186. The first-order valence-electron chi connectivity index (χ1n) is 4.94. The molecule has 0 unspecified atom stereocenters. The molecule has 1 fully saturated rings. The lowest BCUT2D eigenvalue weighted by Crippen LogP contribution is -2.54. The highest BCUT2D eigenvalue weighted by atomic mass is 16.5. The molecule has 0 aliphatic carbocycles. The van der Waals surface area contributed by atoms with E-state index < -0.39 is 0 Å². The van der Waals surface area contributed by atoms with Crippen LogP contribution in [0.2, 0.25) is 0 Å². The molecule has 0 radical (unpaired) electrons. The topological polar surface area (TPSA) is 67.6 Å². The Balaban J connectivity index is 2.54. The van der Waals surface area contributed by atoms with Crippen LogP contribution in [0.5, 0.6) is 0 Å². The van der Waals surface area contributed by atoms with E-state index in [1.165, 1.54) is 0 Å². The van der Waals surface area contributed by atoms with Crippen molar-refractivity contribution in [3.8, 4) is 0 Å². The minimum absolute atomic E-state index is 0.147. The van der Waals surface area contributed by atoms with Crippen molar-refractivity contribution in [2.45, 2.75) is 39.0 Å². The molecule has 1 aliphatic heterocycles. The summed E-state index contributed by atoms with van der Waals surface area (Å²) in [4.78, 5) is 13.4. The van der Waals surface area contributed by atoms with E-state index in [1.807, 2.05) is 20.8 Å². The van der Waals surface area contributed by atoms with E-state index in [9.17, 15) is 4.79 Å². The molecule has 0 aromatic carbocycles. The number of hydrazine groups is 1. The number of hydrogen-bond acceptors (Lipinski definition) is 4. The molecule has 1 saturated heterocycles. The van der Waals surface area contributed by atoms with Gasteiger partial charge in [-0.15, -0.1) is 0 Å². The first kappa shape index (κ1) is 11.4. The number of hydrogen-bond donors (Lipinski definition) is 2. The van der Waals surface area contributed by atoms with E-state index in [0.29, 0.717) is 0 Å². The maximum absolute atomic E-state index is 11.3. The predicted molar refractivity (Wildman–Crippen MR) is 53.4 cm³/mol. The summed E-state index contributed by atoms with van der Waals surface area (Å²) in [5.41, 5.74) is 2.17. The van der Waals surface area contributed by atoms with Gasteiger partial charge in [-0.3, -0.25) is 15.1 Å². The van der Waals surface area contributed by atoms with Crippen molar-refractivity contribution in [3.05, 3.63) is 0 Å². The summed E-state index contributed by atoms with van der Waals surface area (Å²) in [7, 11) is 0. The lowest BCUT2D eigenvalue weighted by atomic mass is 10.1. The molecule has 0 spiro atoms. The van der Waals surface area contributed by atoms with Gasteiger partial charge in [-0.25, -0.2) is 5.84 Å². The molecule has 5 heteroatoms. The second-order valence-electron chi connectivity index (χ2n) is 3.90. The summed E-state index contributed by atoms with van der Waals surface area (Å²) >= 11 is 0. The number of amides is 1. The third kappa shape index (κ3) is 2.67. The lowest BCUT2D eigenvalue weighted by molar-refractivity contribution is -0.131. The quantitative estimate of drug-likeness (QED) is 0.358. The zero-order valence-corrected chi connectivity index (χ0v) is 8.99. The van der Waals surface area contributed by atoms with Crippen LogP contribution in [-0.4, -0.2) is 42.1 Å². The van der Waals surface area contributed by atoms with Crippen LogP contribution < -0.4 is 11.3 Å². The fraction of sp³-hybridized carbons (Fsp3) is 0.889. The van der Waals surface area contributed by atoms with Crippen LogP contribution in [-0.2, 0) is 9.53 Å². The van der Waals surface area contributed by atoms with Crippen LogP contribution in [0.4, 0.5) is 0 Å². The average molecular weight is 201 g/mol. The summed E-state index contributed by atoms with van der Waals surface area (Å²) in [5, 5.41) is 0. The number of morpholine rings is 1. The van der Waals surface area contributed by atoms with Crippen LogP contribution in [0.15, 0.2) is 0 Å². The molecular weight excluding hydrogens is 182 g/mol. The van der Waals surface area contributed by atoms with Crippen LogP contribution in [0.1, 0.15) is 20.8 Å². The molecule has 0 aromatic rings. The Morgan fingerprint density at radius 3 is 2.43 bits per heavy atom. The monoisotopic (exact) mass is 201 g/mol. The predicted octanol–water partition coefficient (Wildman–Crippen LogP) is -0.526. The van der Waals surface area contributed by atoms with Gasteiger partial charge in [0.2, 0.25) is 0 Å². The second-order valence-corrected chi connectivity index (χ2v) is 3.90. The van der Waals surface area contributed by atoms with E-state index in [0.717, 1.165) is 13.1 Å². The standard InChI is InChI=1S/C9H19N3O2/c1-6-4-12(5-7(2)14-6)8(3)9(13)11-10/h6-8H,4-5,10H2,1-3H3,(H,11,13)/t6-,7+,8-/m0/s1. The van der Waals surface area contributed by atoms with Gasteiger partial charge < -0.3 is 4.74 Å². The van der Waals surface area contributed by atoms with Crippen LogP contribution >= 0.6 is 0 Å². The van der Waals surface area contributed by atoms with Crippen molar-refractivity contribution in [2.75, 3.05) is 13.1 Å². The highest BCUT2D eigenvalue weighted by molar-refractivity contribution is 5.80. The van der Waals surface area contributed by atoms with Crippen LogP contribution in [0.25, 0.3) is 0 Å². The van der Waals surface area contributed by atoms with Crippen LogP contribution in [0.3, 0.4) is 0 Å². The summed E-state index contributed by atoms with van der Waals surface area (Å²) < 4.78 is 5.58. The lowest BCUT2D eigenvalue weighted by Gasteiger charge is -2.37. The smallest absolute Gasteiger partial charge is 0.250 e. The molecule has 0 saturated carbocycles. The van der Waals surface area contributed by atoms with Crippen molar-refractivity contribution in [3.63, 3.8) is 0 Å². The Bertz CT molecular complexity index is 200. The molecule has 1 amide bonds. The van der Waals surface area contributed by atoms with Gasteiger partial charge in [-0.05, 0) is 20.8 Å². The molecule has 82 valence electrons. The number of ether oxygens (including phenoxy) is 1. The molecule has 3 atom stereocenters. The van der Waals surface area contributed by atoms with Crippen molar-refractivity contribution in [1.29, 1.82) is 0 Å². The van der Waals surface area contributed by atoms with E-state index in [2.05, 4.69) is 10.3 Å². The minimum Gasteiger partial charge on any atom is -0.373 e. The van der Waals surface area contributed by atoms with Crippen molar-refractivity contribution in [2.24, 2.45) is 5.84 Å².